The van der Waals surface area contributed by atoms with Crippen LogP contribution in [0.2, 0.25) is 0 Å². The summed E-state index contributed by atoms with van der Waals surface area (Å²) in [6.07, 6.45) is 1.53. The molecule has 0 bridgehead atoms. The van der Waals surface area contributed by atoms with Crippen LogP contribution in [0.15, 0.2) is 48.5 Å². The second-order valence-corrected chi connectivity index (χ2v) is 5.84. The Balaban J connectivity index is 1.94. The Labute approximate surface area is 165 Å². The van der Waals surface area contributed by atoms with Crippen molar-refractivity contribution in [3.05, 3.63) is 59.7 Å². The average molecular weight is 386 g/mol. The van der Waals surface area contributed by atoms with Gasteiger partial charge in [-0.05, 0) is 51.0 Å². The van der Waals surface area contributed by atoms with E-state index in [-0.39, 0.29) is 24.3 Å². The van der Waals surface area contributed by atoms with Crippen LogP contribution in [0.1, 0.15) is 47.4 Å². The third-order valence-electron chi connectivity index (χ3n) is 3.81. The molecule has 0 radical (unpaired) electrons. The van der Waals surface area contributed by atoms with Crippen molar-refractivity contribution in [2.45, 2.75) is 26.7 Å². The zero-order chi connectivity index (χ0) is 20.2. The Morgan fingerprint density at radius 1 is 0.750 bits per heavy atom. The van der Waals surface area contributed by atoms with Crippen molar-refractivity contribution in [1.82, 2.24) is 0 Å². The number of ether oxygens (including phenoxy) is 4. The molecule has 0 saturated carbocycles. The minimum atomic E-state index is -0.603. The third-order valence-corrected chi connectivity index (χ3v) is 3.81. The predicted molar refractivity (Wildman–Crippen MR) is 105 cm³/mol. The Morgan fingerprint density at radius 3 is 2.07 bits per heavy atom. The Kier molecular flexibility index (Phi) is 8.85. The lowest BCUT2D eigenvalue weighted by Crippen LogP contribution is -2.16. The highest BCUT2D eigenvalue weighted by Crippen LogP contribution is 2.25. The molecular weight excluding hydrogens is 360 g/mol. The number of hydrogen-bond donors (Lipinski definition) is 0. The van der Waals surface area contributed by atoms with Crippen molar-refractivity contribution in [2.24, 2.45) is 0 Å². The molecule has 28 heavy (non-hydrogen) atoms. The average Bonchev–Trinajstić information content (AvgIpc) is 2.71. The summed E-state index contributed by atoms with van der Waals surface area (Å²) in [7, 11) is 0. The lowest BCUT2D eigenvalue weighted by molar-refractivity contribution is 0.0474. The van der Waals surface area contributed by atoms with Gasteiger partial charge in [-0.3, -0.25) is 0 Å². The van der Waals surface area contributed by atoms with Gasteiger partial charge in [0, 0.05) is 0 Å². The second kappa shape index (κ2) is 11.6. The maximum absolute atomic E-state index is 12.4. The minimum absolute atomic E-state index is 0.100. The number of rotatable bonds is 11. The standard InChI is InChI=1S/C22H26O6/c1-3-25-21(23)18-13-10-14-19(20(18)22(24)26-4-2)28-16-9-8-15-27-17-11-6-5-7-12-17/h5-7,10-14H,3-4,8-9,15-16H2,1-2H3. The fraction of sp³-hybridized carbons (Fsp3) is 0.364. The molecule has 0 aliphatic carbocycles. The Hall–Kier alpha value is -3.02. The van der Waals surface area contributed by atoms with E-state index in [4.69, 9.17) is 18.9 Å². The SMILES string of the molecule is CCOC(=O)c1cccc(OCCCCOc2ccccc2)c1C(=O)OCC. The number of hydrogen-bond acceptors (Lipinski definition) is 6. The van der Waals surface area contributed by atoms with E-state index in [0.29, 0.717) is 19.0 Å². The van der Waals surface area contributed by atoms with Crippen LogP contribution < -0.4 is 9.47 Å². The normalized spacial score (nSPS) is 10.2. The van der Waals surface area contributed by atoms with E-state index in [1.165, 1.54) is 6.07 Å². The van der Waals surface area contributed by atoms with Crippen molar-refractivity contribution in [3.63, 3.8) is 0 Å². The maximum Gasteiger partial charge on any atom is 0.342 e. The van der Waals surface area contributed by atoms with Crippen LogP contribution in [0, 0.1) is 0 Å². The molecule has 0 amide bonds. The van der Waals surface area contributed by atoms with Crippen LogP contribution in [-0.4, -0.2) is 38.4 Å². The molecule has 0 fully saturated rings. The Bertz CT molecular complexity index is 757. The summed E-state index contributed by atoms with van der Waals surface area (Å²) >= 11 is 0. The van der Waals surface area contributed by atoms with E-state index >= 15 is 0 Å². The fourth-order valence-corrected chi connectivity index (χ4v) is 2.54. The van der Waals surface area contributed by atoms with Gasteiger partial charge in [-0.1, -0.05) is 24.3 Å². The van der Waals surface area contributed by atoms with E-state index in [1.54, 1.807) is 26.0 Å². The summed E-state index contributed by atoms with van der Waals surface area (Å²) in [6, 6.07) is 14.4. The van der Waals surface area contributed by atoms with Gasteiger partial charge in [0.25, 0.3) is 0 Å². The molecule has 0 unspecified atom stereocenters. The summed E-state index contributed by atoms with van der Waals surface area (Å²) in [6.45, 7) is 4.79. The van der Waals surface area contributed by atoms with Gasteiger partial charge in [0.1, 0.15) is 17.1 Å². The molecule has 0 N–H and O–H groups in total. The summed E-state index contributed by atoms with van der Waals surface area (Å²) in [5, 5.41) is 0. The molecular formula is C22H26O6. The number of carbonyl (C=O) groups is 2. The molecule has 0 aliphatic rings. The maximum atomic E-state index is 12.4. The van der Waals surface area contributed by atoms with Crippen LogP contribution in [-0.2, 0) is 9.47 Å². The molecule has 2 aromatic rings. The predicted octanol–water partition coefficient (Wildman–Crippen LogP) is 4.28. The highest BCUT2D eigenvalue weighted by molar-refractivity contribution is 6.05. The number of carbonyl (C=O) groups excluding carboxylic acids is 2. The molecule has 6 nitrogen and oxygen atoms in total. The number of esters is 2. The zero-order valence-electron chi connectivity index (χ0n) is 16.3. The lowest BCUT2D eigenvalue weighted by Gasteiger charge is -2.14. The first-order chi connectivity index (χ1) is 13.7. The molecule has 0 aromatic heterocycles. The van der Waals surface area contributed by atoms with Crippen LogP contribution in [0.3, 0.4) is 0 Å². The quantitative estimate of drug-likeness (QED) is 0.424. The largest absolute Gasteiger partial charge is 0.494 e. The van der Waals surface area contributed by atoms with Gasteiger partial charge < -0.3 is 18.9 Å². The molecule has 0 aliphatic heterocycles. The first-order valence-electron chi connectivity index (χ1n) is 9.45. The highest BCUT2D eigenvalue weighted by atomic mass is 16.5. The lowest BCUT2D eigenvalue weighted by atomic mass is 10.1. The molecule has 0 atom stereocenters. The van der Waals surface area contributed by atoms with Crippen molar-refractivity contribution in [2.75, 3.05) is 26.4 Å². The van der Waals surface area contributed by atoms with Crippen LogP contribution in [0.5, 0.6) is 11.5 Å². The van der Waals surface area contributed by atoms with E-state index in [1.807, 2.05) is 30.3 Å². The summed E-state index contributed by atoms with van der Waals surface area (Å²) in [4.78, 5) is 24.5. The number of para-hydroxylation sites is 1. The van der Waals surface area contributed by atoms with E-state index in [0.717, 1.165) is 18.6 Å². The third kappa shape index (κ3) is 6.30. The van der Waals surface area contributed by atoms with Crippen molar-refractivity contribution in [3.8, 4) is 11.5 Å². The van der Waals surface area contributed by atoms with E-state index < -0.39 is 11.9 Å². The van der Waals surface area contributed by atoms with Gasteiger partial charge in [0.2, 0.25) is 0 Å². The summed E-state index contributed by atoms with van der Waals surface area (Å²) < 4.78 is 21.5. The molecule has 150 valence electrons. The molecule has 0 spiro atoms. The summed E-state index contributed by atoms with van der Waals surface area (Å²) in [5.41, 5.74) is 0.244. The van der Waals surface area contributed by atoms with Crippen molar-refractivity contribution < 1.29 is 28.5 Å². The van der Waals surface area contributed by atoms with Gasteiger partial charge in [0.15, 0.2) is 0 Å². The van der Waals surface area contributed by atoms with E-state index in [9.17, 15) is 9.59 Å². The number of unbranched alkanes of at least 4 members (excludes halogenated alkanes) is 1. The van der Waals surface area contributed by atoms with Gasteiger partial charge in [-0.25, -0.2) is 9.59 Å². The minimum Gasteiger partial charge on any atom is -0.494 e. The molecule has 0 saturated heterocycles. The highest BCUT2D eigenvalue weighted by Gasteiger charge is 2.23. The molecule has 6 heteroatoms. The van der Waals surface area contributed by atoms with Crippen molar-refractivity contribution >= 4 is 11.9 Å². The topological polar surface area (TPSA) is 71.1 Å². The van der Waals surface area contributed by atoms with E-state index in [2.05, 4.69) is 0 Å². The smallest absolute Gasteiger partial charge is 0.342 e. The molecule has 0 heterocycles. The second-order valence-electron chi connectivity index (χ2n) is 5.84. The van der Waals surface area contributed by atoms with Crippen LogP contribution in [0.4, 0.5) is 0 Å². The zero-order valence-corrected chi connectivity index (χ0v) is 16.3. The number of benzene rings is 2. The van der Waals surface area contributed by atoms with Gasteiger partial charge in [-0.2, -0.15) is 0 Å². The molecule has 2 rings (SSSR count). The van der Waals surface area contributed by atoms with Gasteiger partial charge in [-0.15, -0.1) is 0 Å². The van der Waals surface area contributed by atoms with Gasteiger partial charge >= 0.3 is 11.9 Å². The summed E-state index contributed by atoms with van der Waals surface area (Å²) in [5.74, 6) is -0.0380. The first-order valence-corrected chi connectivity index (χ1v) is 9.45. The van der Waals surface area contributed by atoms with Gasteiger partial charge in [0.05, 0.1) is 32.0 Å². The van der Waals surface area contributed by atoms with Crippen LogP contribution in [0.25, 0.3) is 0 Å². The fourth-order valence-electron chi connectivity index (χ4n) is 2.54. The van der Waals surface area contributed by atoms with Crippen LogP contribution >= 0.6 is 0 Å². The molecule has 2 aromatic carbocycles. The Morgan fingerprint density at radius 2 is 1.39 bits per heavy atom. The first kappa shape index (κ1) is 21.3. The van der Waals surface area contributed by atoms with Crippen molar-refractivity contribution in [1.29, 1.82) is 0 Å². The monoisotopic (exact) mass is 386 g/mol.